The smallest absolute Gasteiger partial charge is 0.200 e. The van der Waals surface area contributed by atoms with Gasteiger partial charge in [0.1, 0.15) is 0 Å². The van der Waals surface area contributed by atoms with E-state index >= 15 is 0 Å². The molecule has 1 aromatic rings. The third-order valence-electron chi connectivity index (χ3n) is 5.17. The van der Waals surface area contributed by atoms with E-state index in [0.29, 0.717) is 0 Å². The molecule has 1 saturated carbocycles. The van der Waals surface area contributed by atoms with Gasteiger partial charge in [-0.25, -0.2) is 4.83 Å². The molecule has 0 aliphatic heterocycles. The minimum Gasteiger partial charge on any atom is -0.200 e. The quantitative estimate of drug-likeness (QED) is 0.508. The van der Waals surface area contributed by atoms with Crippen LogP contribution in [0.1, 0.15) is 72.3 Å². The van der Waals surface area contributed by atoms with Crippen LogP contribution >= 0.6 is 0 Å². The molecule has 0 bridgehead atoms. The van der Waals surface area contributed by atoms with E-state index in [-0.39, 0.29) is 15.7 Å². The van der Waals surface area contributed by atoms with Gasteiger partial charge in [-0.2, -0.15) is 13.5 Å². The van der Waals surface area contributed by atoms with Crippen molar-refractivity contribution < 1.29 is 8.42 Å². The Hall–Kier alpha value is -1.62. The Labute approximate surface area is 165 Å². The molecule has 0 aromatic heterocycles. The number of aryl methyl sites for hydroxylation is 1. The van der Waals surface area contributed by atoms with E-state index in [9.17, 15) is 8.42 Å². The summed E-state index contributed by atoms with van der Waals surface area (Å²) < 4.78 is 25.1. The van der Waals surface area contributed by atoms with Gasteiger partial charge in [-0.15, -0.1) is 0 Å². The van der Waals surface area contributed by atoms with Crippen LogP contribution in [0.4, 0.5) is 0 Å². The normalized spacial score (nSPS) is 23.9. The van der Waals surface area contributed by atoms with Crippen molar-refractivity contribution in [3.63, 3.8) is 0 Å². The SMILES string of the molecule is CC(C)=CCCC1(C)C/C(=N\NS(=O)(=O)c2ccc(C)cc2)CC(C)(C)C1. The fourth-order valence-corrected chi connectivity index (χ4v) is 5.10. The van der Waals surface area contributed by atoms with Crippen LogP contribution in [0.3, 0.4) is 0 Å². The number of hydrogen-bond donors (Lipinski definition) is 1. The number of rotatable bonds is 6. The number of benzene rings is 1. The van der Waals surface area contributed by atoms with Gasteiger partial charge in [-0.05, 0) is 75.8 Å². The van der Waals surface area contributed by atoms with Crippen LogP contribution < -0.4 is 4.83 Å². The Morgan fingerprint density at radius 2 is 1.78 bits per heavy atom. The number of nitrogens with one attached hydrogen (secondary N) is 1. The summed E-state index contributed by atoms with van der Waals surface area (Å²) in [6, 6.07) is 6.83. The maximum Gasteiger partial charge on any atom is 0.276 e. The first-order chi connectivity index (χ1) is 12.4. The zero-order valence-electron chi connectivity index (χ0n) is 17.6. The topological polar surface area (TPSA) is 58.5 Å². The summed E-state index contributed by atoms with van der Waals surface area (Å²) in [5, 5.41) is 4.35. The van der Waals surface area contributed by atoms with Crippen LogP contribution in [0.25, 0.3) is 0 Å². The van der Waals surface area contributed by atoms with Crippen LogP contribution in [0.15, 0.2) is 45.9 Å². The molecule has 1 aliphatic carbocycles. The third-order valence-corrected chi connectivity index (χ3v) is 6.40. The Balaban J connectivity index is 2.15. The molecule has 1 atom stereocenters. The lowest BCUT2D eigenvalue weighted by molar-refractivity contribution is 0.152. The minimum atomic E-state index is -3.63. The number of nitrogens with zero attached hydrogens (tertiary/aromatic N) is 1. The molecule has 5 heteroatoms. The van der Waals surface area contributed by atoms with Crippen LogP contribution in [-0.2, 0) is 10.0 Å². The second-order valence-electron chi connectivity index (χ2n) is 9.41. The van der Waals surface area contributed by atoms with E-state index in [1.807, 2.05) is 6.92 Å². The van der Waals surface area contributed by atoms with Crippen LogP contribution in [0.2, 0.25) is 0 Å². The fourth-order valence-electron chi connectivity index (χ4n) is 4.25. The van der Waals surface area contributed by atoms with Crippen molar-refractivity contribution in [3.8, 4) is 0 Å². The average molecular weight is 391 g/mol. The van der Waals surface area contributed by atoms with Gasteiger partial charge in [0.05, 0.1) is 4.90 Å². The number of sulfonamides is 1. The highest BCUT2D eigenvalue weighted by Crippen LogP contribution is 2.47. The number of hydrazone groups is 1. The molecule has 1 fully saturated rings. The van der Waals surface area contributed by atoms with Gasteiger partial charge < -0.3 is 0 Å². The van der Waals surface area contributed by atoms with E-state index in [4.69, 9.17) is 0 Å². The highest BCUT2D eigenvalue weighted by atomic mass is 32.2. The van der Waals surface area contributed by atoms with Crippen molar-refractivity contribution >= 4 is 15.7 Å². The molecule has 150 valence electrons. The van der Waals surface area contributed by atoms with Gasteiger partial charge >= 0.3 is 0 Å². The largest absolute Gasteiger partial charge is 0.276 e. The van der Waals surface area contributed by atoms with Crippen molar-refractivity contribution in [2.24, 2.45) is 15.9 Å². The first kappa shape index (κ1) is 21.7. The molecular weight excluding hydrogens is 356 g/mol. The van der Waals surface area contributed by atoms with Crippen molar-refractivity contribution in [2.45, 2.75) is 78.5 Å². The summed E-state index contributed by atoms with van der Waals surface area (Å²) in [5.41, 5.74) is 3.57. The van der Waals surface area contributed by atoms with E-state index in [0.717, 1.165) is 43.4 Å². The lowest BCUT2D eigenvalue weighted by atomic mass is 9.62. The van der Waals surface area contributed by atoms with Crippen LogP contribution in [0.5, 0.6) is 0 Å². The maximum atomic E-state index is 12.5. The zero-order chi connectivity index (χ0) is 20.3. The standard InChI is InChI=1S/C22H34N2O2S/c1-17(2)8-7-13-22(6)15-19(14-21(4,5)16-22)23-24-27(25,26)20-11-9-18(3)10-12-20/h8-12,24H,7,13-16H2,1-6H3/b23-19-. The molecule has 1 unspecified atom stereocenters. The van der Waals surface area contributed by atoms with Crippen LogP contribution in [-0.4, -0.2) is 14.1 Å². The maximum absolute atomic E-state index is 12.5. The second-order valence-corrected chi connectivity index (χ2v) is 11.1. The van der Waals surface area contributed by atoms with Crippen LogP contribution in [0, 0.1) is 17.8 Å². The number of allylic oxidation sites excluding steroid dienone is 2. The van der Waals surface area contributed by atoms with Crippen molar-refractivity contribution in [3.05, 3.63) is 41.5 Å². The monoisotopic (exact) mass is 390 g/mol. The molecule has 0 saturated heterocycles. The molecule has 4 nitrogen and oxygen atoms in total. The highest BCUT2D eigenvalue weighted by Gasteiger charge is 2.39. The molecule has 0 radical (unpaired) electrons. The molecule has 0 heterocycles. The Bertz CT molecular complexity index is 816. The van der Waals surface area contributed by atoms with Gasteiger partial charge in [0.25, 0.3) is 10.0 Å². The predicted octanol–water partition coefficient (Wildman–Crippen LogP) is 5.59. The summed E-state index contributed by atoms with van der Waals surface area (Å²) in [4.78, 5) is 2.71. The van der Waals surface area contributed by atoms with Gasteiger partial charge in [-0.3, -0.25) is 0 Å². The minimum absolute atomic E-state index is 0.117. The summed E-state index contributed by atoms with van der Waals surface area (Å²) in [7, 11) is -3.63. The number of hydrogen-bond acceptors (Lipinski definition) is 3. The molecule has 1 N–H and O–H groups in total. The van der Waals surface area contributed by atoms with E-state index in [1.54, 1.807) is 24.3 Å². The van der Waals surface area contributed by atoms with E-state index < -0.39 is 10.0 Å². The van der Waals surface area contributed by atoms with Crippen molar-refractivity contribution in [2.75, 3.05) is 0 Å². The Kier molecular flexibility index (Phi) is 6.56. The van der Waals surface area contributed by atoms with E-state index in [2.05, 4.69) is 50.6 Å². The summed E-state index contributed by atoms with van der Waals surface area (Å²) in [5.74, 6) is 0. The van der Waals surface area contributed by atoms with Crippen molar-refractivity contribution in [1.82, 2.24) is 4.83 Å². The van der Waals surface area contributed by atoms with Gasteiger partial charge in [0, 0.05) is 5.71 Å². The summed E-state index contributed by atoms with van der Waals surface area (Å²) in [6.45, 7) is 13.0. The van der Waals surface area contributed by atoms with Gasteiger partial charge in [0.15, 0.2) is 0 Å². The summed E-state index contributed by atoms with van der Waals surface area (Å²) in [6.07, 6.45) is 7.21. The lowest BCUT2D eigenvalue weighted by Crippen LogP contribution is -2.37. The summed E-state index contributed by atoms with van der Waals surface area (Å²) >= 11 is 0. The van der Waals surface area contributed by atoms with E-state index in [1.165, 1.54) is 5.57 Å². The molecule has 0 spiro atoms. The fraction of sp³-hybridized carbons (Fsp3) is 0.591. The Morgan fingerprint density at radius 3 is 2.37 bits per heavy atom. The first-order valence-electron chi connectivity index (χ1n) is 9.68. The highest BCUT2D eigenvalue weighted by molar-refractivity contribution is 7.89. The average Bonchev–Trinajstić information content (AvgIpc) is 2.51. The van der Waals surface area contributed by atoms with Gasteiger partial charge in [0.2, 0.25) is 0 Å². The molecule has 1 aliphatic rings. The molecule has 1 aromatic carbocycles. The Morgan fingerprint density at radius 1 is 1.15 bits per heavy atom. The molecular formula is C22H34N2O2S. The first-order valence-corrected chi connectivity index (χ1v) is 11.2. The molecule has 2 rings (SSSR count). The second kappa shape index (κ2) is 8.17. The lowest BCUT2D eigenvalue weighted by Gasteiger charge is -2.43. The molecule has 0 amide bonds. The predicted molar refractivity (Wildman–Crippen MR) is 113 cm³/mol. The van der Waals surface area contributed by atoms with Crippen molar-refractivity contribution in [1.29, 1.82) is 0 Å². The third kappa shape index (κ3) is 6.49. The van der Waals surface area contributed by atoms with Gasteiger partial charge in [-0.1, -0.05) is 50.1 Å². The zero-order valence-corrected chi connectivity index (χ0v) is 18.4. The molecule has 27 heavy (non-hydrogen) atoms.